The van der Waals surface area contributed by atoms with Crippen LogP contribution in [0.2, 0.25) is 0 Å². The molecule has 0 spiro atoms. The minimum Gasteiger partial charge on any atom is -0.339 e. The highest BCUT2D eigenvalue weighted by molar-refractivity contribution is 6.05. The average Bonchev–Trinajstić information content (AvgIpc) is 3.31. The molecule has 0 aliphatic rings. The number of carbonyl (C=O) groups is 1. The Bertz CT molecular complexity index is 1190. The number of anilines is 1. The van der Waals surface area contributed by atoms with Gasteiger partial charge in [0.05, 0.1) is 16.9 Å². The molecular formula is C22H21N5O2. The van der Waals surface area contributed by atoms with Crippen molar-refractivity contribution in [2.75, 3.05) is 5.32 Å². The van der Waals surface area contributed by atoms with Crippen molar-refractivity contribution in [3.63, 3.8) is 0 Å². The highest BCUT2D eigenvalue weighted by Gasteiger charge is 2.16. The number of aromatic nitrogens is 4. The highest BCUT2D eigenvalue weighted by Crippen LogP contribution is 2.21. The summed E-state index contributed by atoms with van der Waals surface area (Å²) in [6, 6.07) is 13.5. The van der Waals surface area contributed by atoms with Crippen LogP contribution in [0.5, 0.6) is 0 Å². The van der Waals surface area contributed by atoms with E-state index in [1.54, 1.807) is 17.8 Å². The Labute approximate surface area is 168 Å². The smallest absolute Gasteiger partial charge is 0.259 e. The van der Waals surface area contributed by atoms with Crippen molar-refractivity contribution in [3.05, 3.63) is 76.9 Å². The van der Waals surface area contributed by atoms with Gasteiger partial charge < -0.3 is 9.84 Å². The van der Waals surface area contributed by atoms with E-state index in [-0.39, 0.29) is 5.91 Å². The number of rotatable bonds is 4. The molecule has 7 nitrogen and oxygen atoms in total. The third-order valence-corrected chi connectivity index (χ3v) is 4.91. The summed E-state index contributed by atoms with van der Waals surface area (Å²) in [5, 5.41) is 11.4. The maximum absolute atomic E-state index is 12.8. The van der Waals surface area contributed by atoms with E-state index in [2.05, 4.69) is 20.6 Å². The van der Waals surface area contributed by atoms with Gasteiger partial charge in [-0.25, -0.2) is 4.68 Å². The van der Waals surface area contributed by atoms with E-state index in [0.717, 1.165) is 28.1 Å². The van der Waals surface area contributed by atoms with Crippen molar-refractivity contribution in [1.29, 1.82) is 0 Å². The molecule has 4 rings (SSSR count). The van der Waals surface area contributed by atoms with E-state index >= 15 is 0 Å². The predicted octanol–water partition coefficient (Wildman–Crippen LogP) is 4.41. The van der Waals surface area contributed by atoms with Crippen LogP contribution in [0.25, 0.3) is 17.1 Å². The number of carbonyl (C=O) groups excluding carboxylic acids is 1. The first-order valence-electron chi connectivity index (χ1n) is 9.27. The van der Waals surface area contributed by atoms with Gasteiger partial charge in [0.2, 0.25) is 11.7 Å². The Hall–Kier alpha value is -3.74. The summed E-state index contributed by atoms with van der Waals surface area (Å²) >= 11 is 0. The Balaban J connectivity index is 1.57. The molecule has 7 heteroatoms. The first-order valence-corrected chi connectivity index (χ1v) is 9.27. The molecule has 146 valence electrons. The summed E-state index contributed by atoms with van der Waals surface area (Å²) in [7, 11) is 0. The summed E-state index contributed by atoms with van der Waals surface area (Å²) in [5.74, 6) is 0.881. The zero-order chi connectivity index (χ0) is 20.5. The minimum atomic E-state index is -0.179. The minimum absolute atomic E-state index is 0.179. The fourth-order valence-corrected chi connectivity index (χ4v) is 3.07. The van der Waals surface area contributed by atoms with Crippen molar-refractivity contribution in [3.8, 4) is 17.1 Å². The summed E-state index contributed by atoms with van der Waals surface area (Å²) in [6.45, 7) is 7.59. The first-order chi connectivity index (χ1) is 13.9. The van der Waals surface area contributed by atoms with E-state index < -0.39 is 0 Å². The molecule has 0 bridgehead atoms. The van der Waals surface area contributed by atoms with E-state index in [0.29, 0.717) is 23.0 Å². The Morgan fingerprint density at radius 2 is 1.79 bits per heavy atom. The zero-order valence-corrected chi connectivity index (χ0v) is 16.7. The molecule has 0 fully saturated rings. The number of amides is 1. The van der Waals surface area contributed by atoms with Crippen LogP contribution in [0.1, 0.15) is 33.1 Å². The zero-order valence-electron chi connectivity index (χ0n) is 16.7. The molecule has 2 aromatic heterocycles. The van der Waals surface area contributed by atoms with Crippen LogP contribution in [-0.4, -0.2) is 25.8 Å². The average molecular weight is 387 g/mol. The summed E-state index contributed by atoms with van der Waals surface area (Å²) in [5.41, 5.74) is 5.87. The van der Waals surface area contributed by atoms with Crippen molar-refractivity contribution >= 4 is 11.6 Å². The summed E-state index contributed by atoms with van der Waals surface area (Å²) in [4.78, 5) is 17.0. The predicted molar refractivity (Wildman–Crippen MR) is 110 cm³/mol. The second-order valence-electron chi connectivity index (χ2n) is 6.96. The number of benzene rings is 2. The van der Waals surface area contributed by atoms with Crippen LogP contribution >= 0.6 is 0 Å². The third kappa shape index (κ3) is 3.67. The topological polar surface area (TPSA) is 85.8 Å². The summed E-state index contributed by atoms with van der Waals surface area (Å²) in [6.07, 6.45) is 1.74. The van der Waals surface area contributed by atoms with Gasteiger partial charge in [-0.15, -0.1) is 0 Å². The third-order valence-electron chi connectivity index (χ3n) is 4.91. The lowest BCUT2D eigenvalue weighted by molar-refractivity contribution is 0.102. The quantitative estimate of drug-likeness (QED) is 0.561. The van der Waals surface area contributed by atoms with Crippen LogP contribution in [0.4, 0.5) is 5.69 Å². The molecule has 1 N–H and O–H groups in total. The molecule has 0 atom stereocenters. The second kappa shape index (κ2) is 7.35. The van der Waals surface area contributed by atoms with Gasteiger partial charge in [-0.05, 0) is 62.2 Å². The number of nitrogens with one attached hydrogen (secondary N) is 1. The van der Waals surface area contributed by atoms with Crippen molar-refractivity contribution < 1.29 is 9.32 Å². The van der Waals surface area contributed by atoms with E-state index in [4.69, 9.17) is 4.52 Å². The number of hydrogen-bond donors (Lipinski definition) is 1. The lowest BCUT2D eigenvalue weighted by Crippen LogP contribution is -2.13. The standard InChI is InChI=1S/C22H21N5O2/c1-13-6-5-7-20(14(13)2)24-22(28)19-12-27(25-15(19)3)18-10-8-17(9-11-18)21-23-16(4)29-26-21/h5-12H,1-4H3,(H,24,28). The second-order valence-corrected chi connectivity index (χ2v) is 6.96. The molecular weight excluding hydrogens is 366 g/mol. The SMILES string of the molecule is Cc1nc(-c2ccc(-n3cc(C(=O)Nc4cccc(C)c4C)c(C)n3)cc2)no1. The number of nitrogens with zero attached hydrogens (tertiary/aromatic N) is 4. The fraction of sp³-hybridized carbons (Fsp3) is 0.182. The van der Waals surface area contributed by atoms with Gasteiger partial charge in [0, 0.05) is 24.4 Å². The maximum Gasteiger partial charge on any atom is 0.259 e. The normalized spacial score (nSPS) is 10.9. The van der Waals surface area contributed by atoms with Crippen LogP contribution < -0.4 is 5.32 Å². The summed E-state index contributed by atoms with van der Waals surface area (Å²) < 4.78 is 6.71. The molecule has 1 amide bonds. The highest BCUT2D eigenvalue weighted by atomic mass is 16.5. The Morgan fingerprint density at radius 1 is 1.03 bits per heavy atom. The van der Waals surface area contributed by atoms with Crippen molar-refractivity contribution in [2.45, 2.75) is 27.7 Å². The van der Waals surface area contributed by atoms with Crippen LogP contribution in [0, 0.1) is 27.7 Å². The first kappa shape index (κ1) is 18.6. The largest absolute Gasteiger partial charge is 0.339 e. The Kier molecular flexibility index (Phi) is 4.72. The van der Waals surface area contributed by atoms with Crippen LogP contribution in [0.3, 0.4) is 0 Å². The Morgan fingerprint density at radius 3 is 2.48 bits per heavy atom. The van der Waals surface area contributed by atoms with Crippen LogP contribution in [-0.2, 0) is 0 Å². The fourth-order valence-electron chi connectivity index (χ4n) is 3.07. The molecule has 0 aliphatic heterocycles. The lowest BCUT2D eigenvalue weighted by Gasteiger charge is -2.09. The van der Waals surface area contributed by atoms with Gasteiger partial charge in [0.15, 0.2) is 0 Å². The monoisotopic (exact) mass is 387 g/mol. The molecule has 0 saturated carbocycles. The van der Waals surface area contributed by atoms with Gasteiger partial charge in [0.25, 0.3) is 5.91 Å². The molecule has 0 radical (unpaired) electrons. The van der Waals surface area contributed by atoms with E-state index in [9.17, 15) is 4.79 Å². The van der Waals surface area contributed by atoms with E-state index in [1.165, 1.54) is 0 Å². The molecule has 4 aromatic rings. The van der Waals surface area contributed by atoms with Gasteiger partial charge >= 0.3 is 0 Å². The van der Waals surface area contributed by atoms with Gasteiger partial charge in [0.1, 0.15) is 0 Å². The number of hydrogen-bond acceptors (Lipinski definition) is 5. The van der Waals surface area contributed by atoms with Gasteiger partial charge in [-0.3, -0.25) is 4.79 Å². The number of aryl methyl sites for hydroxylation is 3. The maximum atomic E-state index is 12.8. The van der Waals surface area contributed by atoms with Crippen LogP contribution in [0.15, 0.2) is 53.2 Å². The molecule has 29 heavy (non-hydrogen) atoms. The van der Waals surface area contributed by atoms with E-state index in [1.807, 2.05) is 63.2 Å². The van der Waals surface area contributed by atoms with Gasteiger partial charge in [-0.1, -0.05) is 17.3 Å². The molecule has 2 heterocycles. The van der Waals surface area contributed by atoms with Gasteiger partial charge in [-0.2, -0.15) is 10.1 Å². The molecule has 0 aliphatic carbocycles. The molecule has 0 unspecified atom stereocenters. The lowest BCUT2D eigenvalue weighted by atomic mass is 10.1. The van der Waals surface area contributed by atoms with Crippen molar-refractivity contribution in [1.82, 2.24) is 19.9 Å². The molecule has 2 aromatic carbocycles. The molecule has 0 saturated heterocycles. The van der Waals surface area contributed by atoms with Crippen molar-refractivity contribution in [2.24, 2.45) is 0 Å².